The van der Waals surface area contributed by atoms with Crippen molar-refractivity contribution in [3.63, 3.8) is 0 Å². The van der Waals surface area contributed by atoms with Gasteiger partial charge in [0.15, 0.2) is 0 Å². The van der Waals surface area contributed by atoms with Gasteiger partial charge in [0.1, 0.15) is 0 Å². The number of halogens is 1. The van der Waals surface area contributed by atoms with Crippen molar-refractivity contribution in [1.29, 1.82) is 0 Å². The molecule has 3 fully saturated rings. The van der Waals surface area contributed by atoms with Gasteiger partial charge < -0.3 is 19.9 Å². The molecule has 3 aliphatic rings. The van der Waals surface area contributed by atoms with Gasteiger partial charge in [-0.15, -0.1) is 0 Å². The highest BCUT2D eigenvalue weighted by Crippen LogP contribution is 2.45. The van der Waals surface area contributed by atoms with Crippen molar-refractivity contribution in [3.05, 3.63) is 29.3 Å². The molecule has 27 heavy (non-hydrogen) atoms. The third-order valence-corrected chi connectivity index (χ3v) is 6.49. The van der Waals surface area contributed by atoms with Crippen molar-refractivity contribution in [2.45, 2.75) is 25.7 Å². The first kappa shape index (κ1) is 18.6. The van der Waals surface area contributed by atoms with Gasteiger partial charge in [-0.05, 0) is 49.9 Å². The number of carbonyl (C=O) groups is 2. The van der Waals surface area contributed by atoms with Gasteiger partial charge in [-0.3, -0.25) is 4.79 Å². The van der Waals surface area contributed by atoms with E-state index in [4.69, 9.17) is 16.3 Å². The highest BCUT2D eigenvalue weighted by atomic mass is 35.5. The van der Waals surface area contributed by atoms with Crippen LogP contribution < -0.4 is 5.32 Å². The molecule has 1 aromatic rings. The van der Waals surface area contributed by atoms with Crippen LogP contribution in [0.25, 0.3) is 0 Å². The molecule has 4 rings (SSSR count). The van der Waals surface area contributed by atoms with E-state index in [0.29, 0.717) is 37.0 Å². The summed E-state index contributed by atoms with van der Waals surface area (Å²) < 4.78 is 5.56. The van der Waals surface area contributed by atoms with Crippen molar-refractivity contribution in [2.24, 2.45) is 11.3 Å². The fourth-order valence-electron chi connectivity index (χ4n) is 4.64. The molecule has 7 heteroatoms. The number of likely N-dealkylation sites (tertiary alicyclic amines) is 2. The first-order valence-electron chi connectivity index (χ1n) is 9.75. The molecule has 6 nitrogen and oxygen atoms in total. The number of nitrogens with zero attached hydrogens (tertiary/aromatic N) is 2. The standard InChI is InChI=1S/C20H26ClN3O3/c21-15-3-5-16(6-4-15)22-19(26)24-13-17(18(25)23-9-1-2-10-23)20(14-24)7-11-27-12-8-20/h3-6,17H,1-2,7-14H2,(H,22,26)/t17-/m0/s1. The Labute approximate surface area is 164 Å². The van der Waals surface area contributed by atoms with Crippen molar-refractivity contribution >= 4 is 29.2 Å². The molecule has 146 valence electrons. The van der Waals surface area contributed by atoms with Crippen molar-refractivity contribution in [1.82, 2.24) is 9.80 Å². The SMILES string of the molecule is O=C(Nc1ccc(Cl)cc1)N1C[C@@H](C(=O)N2CCCC2)C2(CCOCC2)C1. The molecule has 0 bridgehead atoms. The average molecular weight is 392 g/mol. The maximum Gasteiger partial charge on any atom is 0.321 e. The van der Waals surface area contributed by atoms with Gasteiger partial charge in [0, 0.05) is 55.5 Å². The van der Waals surface area contributed by atoms with Crippen LogP contribution in [0.4, 0.5) is 10.5 Å². The predicted molar refractivity (Wildman–Crippen MR) is 104 cm³/mol. The van der Waals surface area contributed by atoms with Crippen LogP contribution in [0, 0.1) is 11.3 Å². The molecule has 1 aromatic carbocycles. The molecule has 1 N–H and O–H groups in total. The van der Waals surface area contributed by atoms with Gasteiger partial charge >= 0.3 is 6.03 Å². The maximum atomic E-state index is 13.2. The van der Waals surface area contributed by atoms with E-state index < -0.39 is 0 Å². The van der Waals surface area contributed by atoms with Crippen LogP contribution in [-0.2, 0) is 9.53 Å². The number of ether oxygens (including phenoxy) is 1. The molecule has 3 amide bonds. The summed E-state index contributed by atoms with van der Waals surface area (Å²) in [6, 6.07) is 6.92. The lowest BCUT2D eigenvalue weighted by molar-refractivity contribution is -0.139. The third kappa shape index (κ3) is 3.78. The van der Waals surface area contributed by atoms with Crippen LogP contribution in [0.2, 0.25) is 5.02 Å². The second-order valence-electron chi connectivity index (χ2n) is 7.88. The number of rotatable bonds is 2. The number of urea groups is 1. The van der Waals surface area contributed by atoms with Crippen molar-refractivity contribution in [2.75, 3.05) is 44.7 Å². The monoisotopic (exact) mass is 391 g/mol. The lowest BCUT2D eigenvalue weighted by atomic mass is 9.71. The van der Waals surface area contributed by atoms with Crippen LogP contribution in [0.15, 0.2) is 24.3 Å². The number of carbonyl (C=O) groups excluding carboxylic acids is 2. The smallest absolute Gasteiger partial charge is 0.321 e. The molecule has 0 aliphatic carbocycles. The van der Waals surface area contributed by atoms with Crippen LogP contribution in [0.3, 0.4) is 0 Å². The van der Waals surface area contributed by atoms with E-state index >= 15 is 0 Å². The zero-order valence-electron chi connectivity index (χ0n) is 15.5. The molecule has 0 saturated carbocycles. The van der Waals surface area contributed by atoms with E-state index in [0.717, 1.165) is 38.8 Å². The molecule has 3 saturated heterocycles. The minimum Gasteiger partial charge on any atom is -0.381 e. The number of nitrogens with one attached hydrogen (secondary N) is 1. The summed E-state index contributed by atoms with van der Waals surface area (Å²) in [7, 11) is 0. The summed E-state index contributed by atoms with van der Waals surface area (Å²) in [4.78, 5) is 29.8. The Morgan fingerprint density at radius 2 is 1.74 bits per heavy atom. The van der Waals surface area contributed by atoms with Crippen molar-refractivity contribution < 1.29 is 14.3 Å². The van der Waals surface area contributed by atoms with Crippen LogP contribution >= 0.6 is 11.6 Å². The van der Waals surface area contributed by atoms with Crippen LogP contribution in [0.1, 0.15) is 25.7 Å². The molecule has 0 aromatic heterocycles. The van der Waals surface area contributed by atoms with E-state index in [1.807, 2.05) is 4.90 Å². The van der Waals surface area contributed by atoms with Gasteiger partial charge in [-0.1, -0.05) is 11.6 Å². The van der Waals surface area contributed by atoms with Gasteiger partial charge in [-0.25, -0.2) is 4.79 Å². The lowest BCUT2D eigenvalue weighted by Crippen LogP contribution is -2.45. The minimum absolute atomic E-state index is 0.129. The molecular weight excluding hydrogens is 366 g/mol. The first-order valence-corrected chi connectivity index (χ1v) is 10.1. The van der Waals surface area contributed by atoms with E-state index in [2.05, 4.69) is 5.32 Å². The number of benzene rings is 1. The van der Waals surface area contributed by atoms with E-state index in [9.17, 15) is 9.59 Å². The quantitative estimate of drug-likeness (QED) is 0.841. The Balaban J connectivity index is 1.50. The summed E-state index contributed by atoms with van der Waals surface area (Å²) in [6.07, 6.45) is 3.83. The molecule has 0 unspecified atom stereocenters. The highest BCUT2D eigenvalue weighted by Gasteiger charge is 2.52. The fourth-order valence-corrected chi connectivity index (χ4v) is 4.77. The van der Waals surface area contributed by atoms with Gasteiger partial charge in [0.25, 0.3) is 0 Å². The average Bonchev–Trinajstić information content (AvgIpc) is 3.33. The second kappa shape index (κ2) is 7.68. The summed E-state index contributed by atoms with van der Waals surface area (Å²) in [6.45, 7) is 4.11. The minimum atomic E-state index is -0.157. The van der Waals surface area contributed by atoms with Gasteiger partial charge in [0.05, 0.1) is 5.92 Å². The van der Waals surface area contributed by atoms with Gasteiger partial charge in [-0.2, -0.15) is 0 Å². The van der Waals surface area contributed by atoms with E-state index in [1.54, 1.807) is 29.2 Å². The Hall–Kier alpha value is -1.79. The van der Waals surface area contributed by atoms with Gasteiger partial charge in [0.2, 0.25) is 5.91 Å². The second-order valence-corrected chi connectivity index (χ2v) is 8.31. The summed E-state index contributed by atoms with van der Waals surface area (Å²) in [5.74, 6) is 0.0895. The highest BCUT2D eigenvalue weighted by molar-refractivity contribution is 6.30. The largest absolute Gasteiger partial charge is 0.381 e. The summed E-state index contributed by atoms with van der Waals surface area (Å²) >= 11 is 5.91. The zero-order chi connectivity index (χ0) is 18.9. The van der Waals surface area contributed by atoms with Crippen LogP contribution in [-0.4, -0.2) is 61.1 Å². The van der Waals surface area contributed by atoms with E-state index in [-0.39, 0.29) is 23.3 Å². The normalized spacial score (nSPS) is 24.4. The van der Waals surface area contributed by atoms with E-state index in [1.165, 1.54) is 0 Å². The molecule has 1 spiro atoms. The fraction of sp³-hybridized carbons (Fsp3) is 0.600. The number of hydrogen-bond donors (Lipinski definition) is 1. The number of hydrogen-bond acceptors (Lipinski definition) is 3. The Morgan fingerprint density at radius 3 is 2.41 bits per heavy atom. The molecule has 3 aliphatic heterocycles. The first-order chi connectivity index (χ1) is 13.1. The molecule has 1 atom stereocenters. The molecular formula is C20H26ClN3O3. The number of anilines is 1. The summed E-state index contributed by atoms with van der Waals surface area (Å²) in [5, 5.41) is 3.57. The Bertz CT molecular complexity index is 697. The number of amides is 3. The third-order valence-electron chi connectivity index (χ3n) is 6.24. The zero-order valence-corrected chi connectivity index (χ0v) is 16.2. The van der Waals surface area contributed by atoms with Crippen molar-refractivity contribution in [3.8, 4) is 0 Å². The lowest BCUT2D eigenvalue weighted by Gasteiger charge is -2.38. The summed E-state index contributed by atoms with van der Waals surface area (Å²) in [5.41, 5.74) is 0.551. The molecule has 3 heterocycles. The maximum absolute atomic E-state index is 13.2. The Morgan fingerprint density at radius 1 is 1.07 bits per heavy atom. The predicted octanol–water partition coefficient (Wildman–Crippen LogP) is 3.22. The Kier molecular flexibility index (Phi) is 5.28. The van der Waals surface area contributed by atoms with Crippen LogP contribution in [0.5, 0.6) is 0 Å². The topological polar surface area (TPSA) is 61.9 Å². The molecule has 0 radical (unpaired) electrons.